The van der Waals surface area contributed by atoms with Crippen molar-refractivity contribution in [1.29, 1.82) is 0 Å². The molecule has 0 heterocycles. The highest BCUT2D eigenvalue weighted by molar-refractivity contribution is 6.55. The monoisotopic (exact) mass is 674 g/mol. The van der Waals surface area contributed by atoms with Crippen molar-refractivity contribution < 1.29 is 9.53 Å². The fraction of sp³-hybridized carbons (Fsp3) is 0.275. The first-order chi connectivity index (χ1) is 26.2. The van der Waals surface area contributed by atoms with Gasteiger partial charge in [-0.15, -0.1) is 0 Å². The van der Waals surface area contributed by atoms with Gasteiger partial charge in [-0.05, 0) is 197 Å². The van der Waals surface area contributed by atoms with Crippen LogP contribution >= 0.6 is 0 Å². The Bertz CT molecular complexity index is 3660. The normalized spacial score (nSPS) is 31.4. The fourth-order valence-corrected chi connectivity index (χ4v) is 17.5. The van der Waals surface area contributed by atoms with Gasteiger partial charge in [0.05, 0.1) is 7.11 Å². The number of methoxy groups -OCH3 is 1. The van der Waals surface area contributed by atoms with Gasteiger partial charge in [-0.25, -0.2) is 0 Å². The summed E-state index contributed by atoms with van der Waals surface area (Å²) in [6.45, 7) is 0. The molecule has 2 nitrogen and oxygen atoms in total. The Hall–Kier alpha value is -5.21. The van der Waals surface area contributed by atoms with Gasteiger partial charge in [-0.3, -0.25) is 4.79 Å². The molecule has 10 aliphatic carbocycles. The van der Waals surface area contributed by atoms with Gasteiger partial charge >= 0.3 is 5.97 Å². The van der Waals surface area contributed by atoms with E-state index in [1.165, 1.54) is 29.0 Å². The molecule has 2 heteroatoms. The molecule has 0 amide bonds. The first-order valence-corrected chi connectivity index (χ1v) is 20.3. The van der Waals surface area contributed by atoms with E-state index in [0.717, 1.165) is 19.3 Å². The van der Waals surface area contributed by atoms with Gasteiger partial charge in [-0.1, -0.05) is 54.6 Å². The average Bonchev–Trinajstić information content (AvgIpc) is 4.00. The maximum absolute atomic E-state index is 12.8. The van der Waals surface area contributed by atoms with Crippen molar-refractivity contribution in [2.24, 2.45) is 23.7 Å². The van der Waals surface area contributed by atoms with Crippen molar-refractivity contribution in [2.45, 2.75) is 55.3 Å². The maximum atomic E-state index is 12.8. The lowest BCUT2D eigenvalue weighted by atomic mass is 9.28. The van der Waals surface area contributed by atoms with E-state index < -0.39 is 0 Å². The van der Waals surface area contributed by atoms with Crippen LogP contribution in [0.15, 0.2) is 54.6 Å². The van der Waals surface area contributed by atoms with E-state index >= 15 is 0 Å². The van der Waals surface area contributed by atoms with Crippen LogP contribution in [0.3, 0.4) is 0 Å². The lowest BCUT2D eigenvalue weighted by Gasteiger charge is -2.73. The Morgan fingerprint density at radius 2 is 1.58 bits per heavy atom. The van der Waals surface area contributed by atoms with Gasteiger partial charge in [0, 0.05) is 29.1 Å². The number of carbonyl (C=O) groups is 1. The van der Waals surface area contributed by atoms with E-state index in [9.17, 15) is 4.79 Å². The summed E-state index contributed by atoms with van der Waals surface area (Å²) in [5.41, 5.74) is 16.6. The van der Waals surface area contributed by atoms with E-state index in [1.807, 2.05) is 0 Å². The molecule has 53 heavy (non-hydrogen) atoms. The van der Waals surface area contributed by atoms with Crippen LogP contribution in [0.25, 0.3) is 92.6 Å². The summed E-state index contributed by atoms with van der Waals surface area (Å²) < 4.78 is 5.28. The summed E-state index contributed by atoms with van der Waals surface area (Å²) in [5.74, 6) is 2.42. The van der Waals surface area contributed by atoms with Crippen LogP contribution in [-0.2, 0) is 33.2 Å². The van der Waals surface area contributed by atoms with Gasteiger partial charge < -0.3 is 4.74 Å². The molecule has 10 aliphatic rings. The lowest BCUT2D eigenvalue weighted by Crippen LogP contribution is -2.72. The molecule has 246 valence electrons. The standard InChI is InChI=1S/C51H30O2/c1-53-28(52)8-5-9-50(25-6-3-2-4-7-25)48-26-16-23-14-20-12-21-11-18-10-19-13-22-15-24-17-27(48)51(50)47(24)45-34(22)38-30(19)29(18)36-33(21)37-31(20)32(23)39-35(26)49(51)46-43(39)41(37)40(36)42(38)44(45)46/h2-4,6-7,10,12-13,15-16,23-24,27,32,48H,5,8-9,11,14,17H2,1H3. The summed E-state index contributed by atoms with van der Waals surface area (Å²) in [6, 6.07) is 19.7. The number of ether oxygens (including phenoxy) is 1. The highest BCUT2D eigenvalue weighted by atomic mass is 16.5. The molecular formula is C51H30O2. The summed E-state index contributed by atoms with van der Waals surface area (Å²) in [6.07, 6.45) is 11.5. The largest absolute Gasteiger partial charge is 0.469 e. The molecule has 0 radical (unpaired) electrons. The molecule has 1 spiro atoms. The summed E-state index contributed by atoms with van der Waals surface area (Å²) >= 11 is 0. The number of rotatable bonds is 5. The van der Waals surface area contributed by atoms with Gasteiger partial charge in [0.25, 0.3) is 0 Å². The van der Waals surface area contributed by atoms with E-state index in [2.05, 4.69) is 60.7 Å². The van der Waals surface area contributed by atoms with Crippen LogP contribution in [0, 0.1) is 23.7 Å². The van der Waals surface area contributed by atoms with E-state index in [0.29, 0.717) is 36.0 Å². The number of carbonyl (C=O) groups excluding carboxylic acids is 1. The van der Waals surface area contributed by atoms with Crippen molar-refractivity contribution in [1.82, 2.24) is 0 Å². The van der Waals surface area contributed by atoms with Gasteiger partial charge in [-0.2, -0.15) is 0 Å². The molecule has 9 aromatic carbocycles. The average molecular weight is 675 g/mol. The maximum Gasteiger partial charge on any atom is 0.305 e. The molecule has 0 saturated heterocycles. The van der Waals surface area contributed by atoms with Crippen molar-refractivity contribution >= 4 is 98.6 Å². The zero-order valence-corrected chi connectivity index (χ0v) is 29.2. The zero-order valence-electron chi connectivity index (χ0n) is 29.2. The highest BCUT2D eigenvalue weighted by Gasteiger charge is 2.81. The summed E-state index contributed by atoms with van der Waals surface area (Å²) in [7, 11) is 1.56. The van der Waals surface area contributed by atoms with E-state index in [-0.39, 0.29) is 16.8 Å². The molecule has 2 bridgehead atoms. The predicted molar refractivity (Wildman–Crippen MR) is 211 cm³/mol. The van der Waals surface area contributed by atoms with Crippen LogP contribution in [-0.4, -0.2) is 13.1 Å². The first kappa shape index (κ1) is 24.9. The molecule has 0 N–H and O–H groups in total. The van der Waals surface area contributed by atoms with Crippen LogP contribution in [0.1, 0.15) is 76.1 Å². The minimum absolute atomic E-state index is 0.0589. The topological polar surface area (TPSA) is 26.3 Å². The Balaban J connectivity index is 1.18. The molecule has 19 rings (SSSR count). The Labute approximate surface area is 302 Å². The Morgan fingerprint density at radius 1 is 0.792 bits per heavy atom. The Morgan fingerprint density at radius 3 is 2.49 bits per heavy atom. The minimum atomic E-state index is -0.0927. The van der Waals surface area contributed by atoms with Crippen LogP contribution in [0.5, 0.6) is 0 Å². The fourth-order valence-electron chi connectivity index (χ4n) is 17.5. The second-order valence-electron chi connectivity index (χ2n) is 19.0. The van der Waals surface area contributed by atoms with Crippen molar-refractivity contribution in [3.63, 3.8) is 0 Å². The van der Waals surface area contributed by atoms with Gasteiger partial charge in [0.2, 0.25) is 0 Å². The van der Waals surface area contributed by atoms with Crippen LogP contribution in [0.2, 0.25) is 0 Å². The molecule has 7 atom stereocenters. The third kappa shape index (κ3) is 1.89. The molecule has 7 unspecified atom stereocenters. The van der Waals surface area contributed by atoms with Crippen LogP contribution in [0.4, 0.5) is 0 Å². The van der Waals surface area contributed by atoms with Gasteiger partial charge in [0.1, 0.15) is 0 Å². The second-order valence-corrected chi connectivity index (χ2v) is 19.0. The zero-order chi connectivity index (χ0) is 33.5. The Kier molecular flexibility index (Phi) is 3.22. The molecule has 0 aliphatic heterocycles. The number of hydrogen-bond acceptors (Lipinski definition) is 2. The third-order valence-electron chi connectivity index (χ3n) is 18.0. The molecular weight excluding hydrogens is 645 g/mol. The van der Waals surface area contributed by atoms with Crippen molar-refractivity contribution in [2.75, 3.05) is 7.11 Å². The summed E-state index contributed by atoms with van der Waals surface area (Å²) in [4.78, 5) is 12.8. The number of esters is 1. The molecule has 2 fully saturated rings. The van der Waals surface area contributed by atoms with E-state index in [4.69, 9.17) is 4.74 Å². The molecule has 9 aromatic rings. The molecule has 2 saturated carbocycles. The quantitative estimate of drug-likeness (QED) is 0.135. The lowest BCUT2D eigenvalue weighted by molar-refractivity contribution is -0.141. The molecule has 0 aromatic heterocycles. The SMILES string of the molecule is COC(=O)CCCC1(c2ccccc2)C2C3=CC4Cc5cc6c7c8c5C4c4c3c3c5c4c8c4c7c7c(cc8cc9c%10c(c5c4c%10c87)=C4C(C=9)CC2C431)C6. The van der Waals surface area contributed by atoms with Crippen molar-refractivity contribution in [3.8, 4) is 0 Å². The van der Waals surface area contributed by atoms with Crippen LogP contribution < -0.4 is 10.4 Å². The van der Waals surface area contributed by atoms with Gasteiger partial charge in [0.15, 0.2) is 0 Å². The van der Waals surface area contributed by atoms with E-state index in [1.54, 1.807) is 132 Å². The number of benzene rings is 5. The second kappa shape index (κ2) is 6.84. The predicted octanol–water partition coefficient (Wildman–Crippen LogP) is 9.19. The number of hydrogen-bond donors (Lipinski definition) is 0. The third-order valence-corrected chi connectivity index (χ3v) is 18.0. The smallest absolute Gasteiger partial charge is 0.305 e. The minimum Gasteiger partial charge on any atom is -0.469 e. The van der Waals surface area contributed by atoms with Crippen molar-refractivity contribution in [3.05, 3.63) is 110 Å². The highest BCUT2D eigenvalue weighted by Crippen LogP contribution is 2.86. The summed E-state index contributed by atoms with van der Waals surface area (Å²) in [5, 5.41) is 25.8. The number of allylic oxidation sites excluding steroid dienone is 2. The first-order valence-electron chi connectivity index (χ1n) is 20.3.